The van der Waals surface area contributed by atoms with Crippen LogP contribution in [0, 0.1) is 0 Å². The Bertz CT molecular complexity index is 300. The zero-order chi connectivity index (χ0) is 14.5. The predicted octanol–water partition coefficient (Wildman–Crippen LogP) is 2.96. The second-order valence-corrected chi connectivity index (χ2v) is 6.47. The molecule has 1 rings (SSSR count). The highest BCUT2D eigenvalue weighted by atomic mass is 16.5. The summed E-state index contributed by atoms with van der Waals surface area (Å²) in [5.74, 6) is -0.741. The number of carboxylic acid groups (broad SMARTS) is 1. The molecule has 1 aliphatic carbocycles. The first-order chi connectivity index (χ1) is 8.79. The van der Waals surface area contributed by atoms with E-state index < -0.39 is 11.5 Å². The Morgan fingerprint density at radius 1 is 1.32 bits per heavy atom. The molecule has 0 radical (unpaired) electrons. The van der Waals surface area contributed by atoms with Gasteiger partial charge in [0.2, 0.25) is 0 Å². The number of carbonyl (C=O) groups is 1. The van der Waals surface area contributed by atoms with E-state index >= 15 is 0 Å². The third-order valence-electron chi connectivity index (χ3n) is 3.99. The van der Waals surface area contributed by atoms with Crippen molar-refractivity contribution in [2.45, 2.75) is 83.4 Å². The van der Waals surface area contributed by atoms with Gasteiger partial charge in [-0.05, 0) is 59.3 Å². The van der Waals surface area contributed by atoms with E-state index in [1.165, 1.54) is 0 Å². The van der Waals surface area contributed by atoms with Gasteiger partial charge in [0.15, 0.2) is 0 Å². The summed E-state index contributed by atoms with van der Waals surface area (Å²) in [5, 5.41) is 12.6. The standard InChI is InChI=1S/C15H29NO3/c1-5-14(2,3)19-11-7-6-10-15(4,13(17)18)16-12-8-9-12/h12,16H,5-11H2,1-4H3,(H,17,18). The number of unbranched alkanes of at least 4 members (excludes halogenated alkanes) is 1. The van der Waals surface area contributed by atoms with E-state index in [-0.39, 0.29) is 5.60 Å². The summed E-state index contributed by atoms with van der Waals surface area (Å²) in [6.45, 7) is 8.79. The molecule has 4 nitrogen and oxygen atoms in total. The molecule has 112 valence electrons. The first-order valence-corrected chi connectivity index (χ1v) is 7.44. The summed E-state index contributed by atoms with van der Waals surface area (Å²) in [6.07, 6.45) is 5.66. The molecule has 0 saturated heterocycles. The largest absolute Gasteiger partial charge is 0.480 e. The summed E-state index contributed by atoms with van der Waals surface area (Å²) in [4.78, 5) is 11.4. The van der Waals surface area contributed by atoms with Gasteiger partial charge in [0, 0.05) is 12.6 Å². The van der Waals surface area contributed by atoms with Gasteiger partial charge < -0.3 is 9.84 Å². The SMILES string of the molecule is CCC(C)(C)OCCCCC(C)(NC1CC1)C(=O)O. The lowest BCUT2D eigenvalue weighted by Crippen LogP contribution is -2.50. The van der Waals surface area contributed by atoms with Crippen LogP contribution < -0.4 is 5.32 Å². The molecule has 0 aromatic rings. The van der Waals surface area contributed by atoms with E-state index in [0.717, 1.165) is 32.1 Å². The summed E-state index contributed by atoms with van der Waals surface area (Å²) < 4.78 is 5.78. The van der Waals surface area contributed by atoms with E-state index in [4.69, 9.17) is 4.74 Å². The first-order valence-electron chi connectivity index (χ1n) is 7.44. The lowest BCUT2D eigenvalue weighted by atomic mass is 9.94. The fourth-order valence-corrected chi connectivity index (χ4v) is 1.95. The number of carboxylic acids is 1. The van der Waals surface area contributed by atoms with Gasteiger partial charge >= 0.3 is 5.97 Å². The van der Waals surface area contributed by atoms with Crippen LogP contribution >= 0.6 is 0 Å². The fraction of sp³-hybridized carbons (Fsp3) is 0.933. The van der Waals surface area contributed by atoms with Crippen molar-refractivity contribution in [3.63, 3.8) is 0 Å². The Balaban J connectivity index is 2.23. The van der Waals surface area contributed by atoms with Crippen LogP contribution in [0.5, 0.6) is 0 Å². The molecule has 0 aromatic heterocycles. The number of nitrogens with one attached hydrogen (secondary N) is 1. The van der Waals surface area contributed by atoms with Crippen LogP contribution in [-0.4, -0.2) is 34.9 Å². The van der Waals surface area contributed by atoms with Gasteiger partial charge in [-0.25, -0.2) is 0 Å². The van der Waals surface area contributed by atoms with E-state index in [0.29, 0.717) is 19.1 Å². The second-order valence-electron chi connectivity index (χ2n) is 6.47. The second kappa shape index (κ2) is 6.71. The lowest BCUT2D eigenvalue weighted by molar-refractivity contribution is -0.144. The monoisotopic (exact) mass is 271 g/mol. The highest BCUT2D eigenvalue weighted by Gasteiger charge is 2.37. The molecule has 4 heteroatoms. The highest BCUT2D eigenvalue weighted by Crippen LogP contribution is 2.25. The quantitative estimate of drug-likeness (QED) is 0.600. The van der Waals surface area contributed by atoms with E-state index in [1.807, 2.05) is 0 Å². The van der Waals surface area contributed by atoms with E-state index in [1.54, 1.807) is 6.92 Å². The maximum atomic E-state index is 11.4. The highest BCUT2D eigenvalue weighted by molar-refractivity contribution is 5.78. The van der Waals surface area contributed by atoms with Crippen molar-refractivity contribution in [2.75, 3.05) is 6.61 Å². The number of ether oxygens (including phenoxy) is 1. The maximum Gasteiger partial charge on any atom is 0.323 e. The Hall–Kier alpha value is -0.610. The average Bonchev–Trinajstić information content (AvgIpc) is 3.12. The third-order valence-corrected chi connectivity index (χ3v) is 3.99. The van der Waals surface area contributed by atoms with Gasteiger partial charge in [0.1, 0.15) is 5.54 Å². The smallest absolute Gasteiger partial charge is 0.323 e. The maximum absolute atomic E-state index is 11.4. The molecule has 1 atom stereocenters. The topological polar surface area (TPSA) is 58.6 Å². The van der Waals surface area contributed by atoms with Crippen molar-refractivity contribution < 1.29 is 14.6 Å². The lowest BCUT2D eigenvalue weighted by Gasteiger charge is -2.27. The zero-order valence-corrected chi connectivity index (χ0v) is 12.8. The number of hydrogen-bond donors (Lipinski definition) is 2. The molecule has 1 unspecified atom stereocenters. The summed E-state index contributed by atoms with van der Waals surface area (Å²) in [6, 6.07) is 0.413. The van der Waals surface area contributed by atoms with Crippen LogP contribution in [0.1, 0.15) is 66.2 Å². The van der Waals surface area contributed by atoms with Crippen LogP contribution in [-0.2, 0) is 9.53 Å². The van der Waals surface area contributed by atoms with Gasteiger partial charge in [-0.15, -0.1) is 0 Å². The van der Waals surface area contributed by atoms with Gasteiger partial charge in [0.25, 0.3) is 0 Å². The normalized spacial score (nSPS) is 19.2. The molecule has 1 fully saturated rings. The van der Waals surface area contributed by atoms with Crippen LogP contribution in [0.15, 0.2) is 0 Å². The molecular formula is C15H29NO3. The Morgan fingerprint density at radius 3 is 2.42 bits per heavy atom. The Kier molecular flexibility index (Phi) is 5.81. The van der Waals surface area contributed by atoms with Crippen molar-refractivity contribution >= 4 is 5.97 Å². The fourth-order valence-electron chi connectivity index (χ4n) is 1.95. The molecule has 2 N–H and O–H groups in total. The third kappa shape index (κ3) is 5.91. The summed E-state index contributed by atoms with van der Waals surface area (Å²) in [5.41, 5.74) is -0.843. The molecule has 19 heavy (non-hydrogen) atoms. The molecule has 0 aromatic carbocycles. The molecule has 0 bridgehead atoms. The van der Waals surface area contributed by atoms with Gasteiger partial charge in [-0.1, -0.05) is 6.92 Å². The minimum Gasteiger partial charge on any atom is -0.480 e. The Morgan fingerprint density at radius 2 is 1.95 bits per heavy atom. The van der Waals surface area contributed by atoms with Gasteiger partial charge in [-0.3, -0.25) is 10.1 Å². The molecule has 0 heterocycles. The van der Waals surface area contributed by atoms with E-state index in [9.17, 15) is 9.90 Å². The molecular weight excluding hydrogens is 242 g/mol. The molecule has 0 aliphatic heterocycles. The minimum atomic E-state index is -0.776. The van der Waals surface area contributed by atoms with Crippen molar-refractivity contribution in [1.82, 2.24) is 5.32 Å². The number of aliphatic carboxylic acids is 1. The van der Waals surface area contributed by atoms with Gasteiger partial charge in [0.05, 0.1) is 5.60 Å². The van der Waals surface area contributed by atoms with Crippen molar-refractivity contribution in [2.24, 2.45) is 0 Å². The van der Waals surface area contributed by atoms with Crippen molar-refractivity contribution in [3.8, 4) is 0 Å². The minimum absolute atomic E-state index is 0.0671. The van der Waals surface area contributed by atoms with Crippen molar-refractivity contribution in [1.29, 1.82) is 0 Å². The van der Waals surface area contributed by atoms with Crippen LogP contribution in [0.3, 0.4) is 0 Å². The number of hydrogen-bond acceptors (Lipinski definition) is 3. The molecule has 0 spiro atoms. The van der Waals surface area contributed by atoms with Crippen LogP contribution in [0.25, 0.3) is 0 Å². The first kappa shape index (κ1) is 16.4. The average molecular weight is 271 g/mol. The van der Waals surface area contributed by atoms with Crippen molar-refractivity contribution in [3.05, 3.63) is 0 Å². The van der Waals surface area contributed by atoms with Crippen LogP contribution in [0.4, 0.5) is 0 Å². The predicted molar refractivity (Wildman–Crippen MR) is 76.4 cm³/mol. The summed E-state index contributed by atoms with van der Waals surface area (Å²) in [7, 11) is 0. The van der Waals surface area contributed by atoms with E-state index in [2.05, 4.69) is 26.1 Å². The van der Waals surface area contributed by atoms with Gasteiger partial charge in [-0.2, -0.15) is 0 Å². The van der Waals surface area contributed by atoms with Crippen LogP contribution in [0.2, 0.25) is 0 Å². The molecule has 0 amide bonds. The summed E-state index contributed by atoms with van der Waals surface area (Å²) >= 11 is 0. The Labute approximate surface area is 116 Å². The number of rotatable bonds is 10. The zero-order valence-electron chi connectivity index (χ0n) is 12.8. The molecule has 1 aliphatic rings. The molecule has 1 saturated carbocycles.